The third-order valence-electron chi connectivity index (χ3n) is 4.62. The average molecular weight is 373 g/mol. The van der Waals surface area contributed by atoms with Crippen molar-refractivity contribution in [2.75, 3.05) is 26.7 Å². The Kier molecular flexibility index (Phi) is 5.68. The molecule has 2 heterocycles. The largest absolute Gasteiger partial charge is 0.341 e. The molecule has 0 N–H and O–H groups in total. The van der Waals surface area contributed by atoms with E-state index in [9.17, 15) is 13.2 Å². The SMILES string of the molecule is CN(CCc1ccncc1)C(=O)c1cccc(S(=O)(=O)N2CCCC2)c1. The number of benzene rings is 1. The van der Waals surface area contributed by atoms with Gasteiger partial charge in [0.2, 0.25) is 10.0 Å². The van der Waals surface area contributed by atoms with E-state index in [0.29, 0.717) is 25.2 Å². The van der Waals surface area contributed by atoms with Crippen LogP contribution in [0, 0.1) is 0 Å². The smallest absolute Gasteiger partial charge is 0.253 e. The summed E-state index contributed by atoms with van der Waals surface area (Å²) in [5, 5.41) is 0. The van der Waals surface area contributed by atoms with Gasteiger partial charge in [0.05, 0.1) is 4.90 Å². The lowest BCUT2D eigenvalue weighted by Gasteiger charge is -2.19. The molecule has 0 atom stereocenters. The van der Waals surface area contributed by atoms with Crippen molar-refractivity contribution in [2.24, 2.45) is 0 Å². The fourth-order valence-electron chi connectivity index (χ4n) is 3.04. The van der Waals surface area contributed by atoms with E-state index in [0.717, 1.165) is 24.8 Å². The molecule has 0 aliphatic carbocycles. The van der Waals surface area contributed by atoms with Gasteiger partial charge in [-0.3, -0.25) is 9.78 Å². The summed E-state index contributed by atoms with van der Waals surface area (Å²) >= 11 is 0. The molecular weight excluding hydrogens is 350 g/mol. The van der Waals surface area contributed by atoms with Crippen molar-refractivity contribution >= 4 is 15.9 Å². The van der Waals surface area contributed by atoms with Crippen LogP contribution in [0.4, 0.5) is 0 Å². The molecule has 2 aromatic rings. The van der Waals surface area contributed by atoms with Crippen LogP contribution in [0.1, 0.15) is 28.8 Å². The lowest BCUT2D eigenvalue weighted by atomic mass is 10.1. The Morgan fingerprint density at radius 3 is 2.54 bits per heavy atom. The standard InChI is InChI=1S/C19H23N3O3S/c1-21(14-9-16-7-10-20-11-8-16)19(23)17-5-4-6-18(15-17)26(24,25)22-12-2-3-13-22/h4-8,10-11,15H,2-3,9,12-14H2,1H3. The monoisotopic (exact) mass is 373 g/mol. The number of aromatic nitrogens is 1. The maximum atomic E-state index is 12.7. The molecule has 0 radical (unpaired) electrons. The molecule has 7 heteroatoms. The van der Waals surface area contributed by atoms with Gasteiger partial charge in [0.1, 0.15) is 0 Å². The minimum absolute atomic E-state index is 0.183. The molecule has 1 aliphatic rings. The third kappa shape index (κ3) is 4.11. The molecule has 26 heavy (non-hydrogen) atoms. The van der Waals surface area contributed by atoms with Gasteiger partial charge in [-0.25, -0.2) is 8.42 Å². The predicted octanol–water partition coefficient (Wildman–Crippen LogP) is 2.18. The normalized spacial score (nSPS) is 15.1. The summed E-state index contributed by atoms with van der Waals surface area (Å²) in [5.41, 5.74) is 1.49. The van der Waals surface area contributed by atoms with Crippen LogP contribution in [0.15, 0.2) is 53.7 Å². The number of likely N-dealkylation sites (N-methyl/N-ethyl adjacent to an activating group) is 1. The van der Waals surface area contributed by atoms with E-state index in [-0.39, 0.29) is 10.8 Å². The van der Waals surface area contributed by atoms with E-state index in [1.54, 1.807) is 42.5 Å². The van der Waals surface area contributed by atoms with Crippen LogP contribution in [0.25, 0.3) is 0 Å². The van der Waals surface area contributed by atoms with Gasteiger partial charge in [-0.1, -0.05) is 6.07 Å². The molecule has 1 aromatic carbocycles. The van der Waals surface area contributed by atoms with E-state index in [1.165, 1.54) is 10.4 Å². The van der Waals surface area contributed by atoms with Crippen LogP contribution in [0.2, 0.25) is 0 Å². The molecule has 1 amide bonds. The molecule has 3 rings (SSSR count). The Morgan fingerprint density at radius 1 is 1.15 bits per heavy atom. The van der Waals surface area contributed by atoms with Crippen LogP contribution >= 0.6 is 0 Å². The average Bonchev–Trinajstić information content (AvgIpc) is 3.22. The van der Waals surface area contributed by atoms with E-state index >= 15 is 0 Å². The highest BCUT2D eigenvalue weighted by atomic mass is 32.2. The van der Waals surface area contributed by atoms with E-state index in [4.69, 9.17) is 0 Å². The van der Waals surface area contributed by atoms with Gasteiger partial charge in [-0.15, -0.1) is 0 Å². The number of hydrogen-bond acceptors (Lipinski definition) is 4. The summed E-state index contributed by atoms with van der Waals surface area (Å²) < 4.78 is 26.9. The van der Waals surface area contributed by atoms with Crippen LogP contribution in [-0.4, -0.2) is 55.2 Å². The lowest BCUT2D eigenvalue weighted by Crippen LogP contribution is -2.30. The Bertz CT molecular complexity index is 863. The molecule has 0 bridgehead atoms. The van der Waals surface area contributed by atoms with Gasteiger partial charge in [-0.2, -0.15) is 4.31 Å². The predicted molar refractivity (Wildman–Crippen MR) is 99.3 cm³/mol. The van der Waals surface area contributed by atoms with Gasteiger partial charge in [0.15, 0.2) is 0 Å². The summed E-state index contributed by atoms with van der Waals surface area (Å²) in [5.74, 6) is -0.183. The van der Waals surface area contributed by atoms with Crippen molar-refractivity contribution in [1.82, 2.24) is 14.2 Å². The van der Waals surface area contributed by atoms with Crippen LogP contribution in [0.5, 0.6) is 0 Å². The minimum atomic E-state index is -3.52. The molecule has 0 unspecified atom stereocenters. The molecular formula is C19H23N3O3S. The number of rotatable bonds is 6. The summed E-state index contributed by atoms with van der Waals surface area (Å²) in [4.78, 5) is 18.5. The third-order valence-corrected chi connectivity index (χ3v) is 6.51. The van der Waals surface area contributed by atoms with Crippen molar-refractivity contribution < 1.29 is 13.2 Å². The Hall–Kier alpha value is -2.25. The van der Waals surface area contributed by atoms with Gasteiger partial charge in [0.25, 0.3) is 5.91 Å². The quantitative estimate of drug-likeness (QED) is 0.778. The summed E-state index contributed by atoms with van der Waals surface area (Å²) in [6.07, 6.45) is 5.94. The Balaban J connectivity index is 1.71. The number of nitrogens with zero attached hydrogens (tertiary/aromatic N) is 3. The number of carbonyl (C=O) groups excluding carboxylic acids is 1. The van der Waals surface area contributed by atoms with Crippen molar-refractivity contribution in [3.8, 4) is 0 Å². The first kappa shape index (κ1) is 18.5. The first-order chi connectivity index (χ1) is 12.5. The van der Waals surface area contributed by atoms with Gasteiger partial charge >= 0.3 is 0 Å². The van der Waals surface area contributed by atoms with Crippen molar-refractivity contribution in [3.05, 3.63) is 59.9 Å². The van der Waals surface area contributed by atoms with E-state index < -0.39 is 10.0 Å². The van der Waals surface area contributed by atoms with Crippen LogP contribution in [-0.2, 0) is 16.4 Å². The maximum absolute atomic E-state index is 12.7. The second kappa shape index (κ2) is 7.97. The zero-order chi connectivity index (χ0) is 18.6. The highest BCUT2D eigenvalue weighted by Crippen LogP contribution is 2.22. The molecule has 6 nitrogen and oxygen atoms in total. The van der Waals surface area contributed by atoms with Crippen molar-refractivity contribution in [3.63, 3.8) is 0 Å². The molecule has 1 aromatic heterocycles. The first-order valence-corrected chi connectivity index (χ1v) is 10.2. The topological polar surface area (TPSA) is 70.6 Å². The van der Waals surface area contributed by atoms with Crippen LogP contribution < -0.4 is 0 Å². The van der Waals surface area contributed by atoms with Gasteiger partial charge in [-0.05, 0) is 55.2 Å². The van der Waals surface area contributed by atoms with Gasteiger partial charge in [0, 0.05) is 44.6 Å². The maximum Gasteiger partial charge on any atom is 0.253 e. The number of sulfonamides is 1. The zero-order valence-electron chi connectivity index (χ0n) is 14.8. The van der Waals surface area contributed by atoms with E-state index in [2.05, 4.69) is 4.98 Å². The van der Waals surface area contributed by atoms with Crippen molar-refractivity contribution in [1.29, 1.82) is 0 Å². The summed E-state index contributed by atoms with van der Waals surface area (Å²) in [7, 11) is -1.79. The Morgan fingerprint density at radius 2 is 1.85 bits per heavy atom. The molecule has 0 saturated carbocycles. The molecule has 138 valence electrons. The lowest BCUT2D eigenvalue weighted by molar-refractivity contribution is 0.0796. The number of pyridine rings is 1. The molecule has 1 fully saturated rings. The second-order valence-corrected chi connectivity index (χ2v) is 8.41. The molecule has 1 saturated heterocycles. The second-order valence-electron chi connectivity index (χ2n) is 6.47. The number of hydrogen-bond donors (Lipinski definition) is 0. The zero-order valence-corrected chi connectivity index (χ0v) is 15.7. The minimum Gasteiger partial charge on any atom is -0.341 e. The summed E-state index contributed by atoms with van der Waals surface area (Å²) in [6.45, 7) is 1.64. The van der Waals surface area contributed by atoms with E-state index in [1.807, 2.05) is 12.1 Å². The number of amides is 1. The fraction of sp³-hybridized carbons (Fsp3) is 0.368. The Labute approximate surface area is 154 Å². The fourth-order valence-corrected chi connectivity index (χ4v) is 4.60. The first-order valence-electron chi connectivity index (χ1n) is 8.73. The van der Waals surface area contributed by atoms with Crippen LogP contribution in [0.3, 0.4) is 0 Å². The summed E-state index contributed by atoms with van der Waals surface area (Å²) in [6, 6.07) is 10.2. The molecule has 1 aliphatic heterocycles. The molecule has 0 spiro atoms. The van der Waals surface area contributed by atoms with Gasteiger partial charge < -0.3 is 4.90 Å². The highest BCUT2D eigenvalue weighted by molar-refractivity contribution is 7.89. The number of carbonyl (C=O) groups is 1. The highest BCUT2D eigenvalue weighted by Gasteiger charge is 2.27. The van der Waals surface area contributed by atoms with Crippen molar-refractivity contribution in [2.45, 2.75) is 24.2 Å².